The van der Waals surface area contributed by atoms with E-state index in [1.165, 1.54) is 16.7 Å². The summed E-state index contributed by atoms with van der Waals surface area (Å²) in [5.74, 6) is 1.45. The van der Waals surface area contributed by atoms with Gasteiger partial charge in [0.1, 0.15) is 15.8 Å². The third kappa shape index (κ3) is 3.67. The molecule has 1 amide bonds. The van der Waals surface area contributed by atoms with E-state index in [0.29, 0.717) is 39.8 Å². The normalized spacial score (nSPS) is 25.4. The number of furan rings is 1. The summed E-state index contributed by atoms with van der Waals surface area (Å²) in [6.45, 7) is 2.48. The average Bonchev–Trinajstić information content (AvgIpc) is 2.93. The Morgan fingerprint density at radius 2 is 2.30 bits per heavy atom. The van der Waals surface area contributed by atoms with Crippen LogP contribution in [0.3, 0.4) is 0 Å². The van der Waals surface area contributed by atoms with Gasteiger partial charge in [-0.15, -0.1) is 0 Å². The van der Waals surface area contributed by atoms with Crippen molar-refractivity contribution in [2.24, 2.45) is 5.92 Å². The highest BCUT2D eigenvalue weighted by atomic mass is 32.2. The predicted molar refractivity (Wildman–Crippen MR) is 89.4 cm³/mol. The molecule has 122 valence electrons. The molecule has 0 radical (unpaired) electrons. The average molecular weight is 350 g/mol. The minimum atomic E-state index is -1.12. The largest absolute Gasteiger partial charge is 0.550 e. The highest BCUT2D eigenvalue weighted by Crippen LogP contribution is 2.47. The number of hydrogen-bond acceptors (Lipinski definition) is 6. The molecule has 0 aromatic carbocycles. The van der Waals surface area contributed by atoms with Crippen LogP contribution in [0, 0.1) is 5.92 Å². The molecule has 1 aliphatic carbocycles. The molecule has 1 saturated heterocycles. The summed E-state index contributed by atoms with van der Waals surface area (Å²) in [7, 11) is 0. The first kappa shape index (κ1) is 16.3. The van der Waals surface area contributed by atoms with E-state index in [2.05, 4.69) is 6.92 Å². The Morgan fingerprint density at radius 1 is 1.57 bits per heavy atom. The standard InChI is InChI=1S/C16H17NO4S2/c1-9-7-11(9)12-5-4-10(21-12)8-13-15(20)17(16(22)23-13)6-2-3-14(18)19/h4-5,8-9,11H,2-3,6-7H2,1H3,(H,18,19)/p-1/b13-8-/t9-,11+/m1/s1. The van der Waals surface area contributed by atoms with Crippen LogP contribution in [0.25, 0.3) is 6.08 Å². The van der Waals surface area contributed by atoms with Gasteiger partial charge in [0.15, 0.2) is 0 Å². The van der Waals surface area contributed by atoms with Crippen LogP contribution in [0.15, 0.2) is 21.5 Å². The molecule has 5 nitrogen and oxygen atoms in total. The SMILES string of the molecule is C[C@@H]1C[C@@H]1c1ccc(/C=C2\SC(=S)N(CCCC(=O)[O-])C2=O)o1. The smallest absolute Gasteiger partial charge is 0.266 e. The molecule has 2 fully saturated rings. The van der Waals surface area contributed by atoms with Crippen molar-refractivity contribution in [2.45, 2.75) is 32.1 Å². The minimum Gasteiger partial charge on any atom is -0.550 e. The molecule has 2 aliphatic rings. The summed E-state index contributed by atoms with van der Waals surface area (Å²) in [5.41, 5.74) is 0. The molecule has 3 rings (SSSR count). The fraction of sp³-hybridized carbons (Fsp3) is 0.438. The number of thiocarbonyl (C=S) groups is 1. The van der Waals surface area contributed by atoms with E-state index < -0.39 is 5.97 Å². The Balaban J connectivity index is 1.66. The zero-order valence-corrected chi connectivity index (χ0v) is 14.2. The topological polar surface area (TPSA) is 73.6 Å². The lowest BCUT2D eigenvalue weighted by Crippen LogP contribution is -2.30. The van der Waals surface area contributed by atoms with Crippen molar-refractivity contribution >= 4 is 46.3 Å². The summed E-state index contributed by atoms with van der Waals surface area (Å²) < 4.78 is 6.23. The van der Waals surface area contributed by atoms with Gasteiger partial charge in [0.2, 0.25) is 0 Å². The number of carboxylic acids is 1. The Labute approximate surface area is 143 Å². The van der Waals surface area contributed by atoms with Crippen molar-refractivity contribution in [3.63, 3.8) is 0 Å². The second kappa shape index (κ2) is 6.49. The van der Waals surface area contributed by atoms with Crippen LogP contribution < -0.4 is 5.11 Å². The Hall–Kier alpha value is -1.60. The molecule has 1 saturated carbocycles. The molecule has 7 heteroatoms. The Kier molecular flexibility index (Phi) is 4.59. The third-order valence-electron chi connectivity index (χ3n) is 4.03. The van der Waals surface area contributed by atoms with Gasteiger partial charge in [0, 0.05) is 24.5 Å². The van der Waals surface area contributed by atoms with E-state index in [9.17, 15) is 14.7 Å². The lowest BCUT2D eigenvalue weighted by molar-refractivity contribution is -0.305. The van der Waals surface area contributed by atoms with Gasteiger partial charge in [0.05, 0.1) is 4.91 Å². The van der Waals surface area contributed by atoms with E-state index in [-0.39, 0.29) is 12.3 Å². The lowest BCUT2D eigenvalue weighted by atomic mass is 10.3. The zero-order chi connectivity index (χ0) is 16.6. The van der Waals surface area contributed by atoms with Crippen molar-refractivity contribution in [3.8, 4) is 0 Å². The first-order chi connectivity index (χ1) is 11.0. The molecular formula is C16H16NO4S2-. The molecule has 1 aromatic heterocycles. The number of thioether (sulfide) groups is 1. The lowest BCUT2D eigenvalue weighted by Gasteiger charge is -2.14. The third-order valence-corrected chi connectivity index (χ3v) is 5.41. The van der Waals surface area contributed by atoms with Gasteiger partial charge in [-0.1, -0.05) is 30.9 Å². The number of carboxylic acid groups (broad SMARTS) is 1. The summed E-state index contributed by atoms with van der Waals surface area (Å²) >= 11 is 6.41. The first-order valence-electron chi connectivity index (χ1n) is 7.50. The quantitative estimate of drug-likeness (QED) is 0.578. The van der Waals surface area contributed by atoms with E-state index in [1.54, 1.807) is 6.08 Å². The summed E-state index contributed by atoms with van der Waals surface area (Å²) in [4.78, 5) is 24.7. The molecule has 1 aliphatic heterocycles. The zero-order valence-electron chi connectivity index (χ0n) is 12.6. The molecule has 0 bridgehead atoms. The number of aliphatic carboxylic acids is 1. The van der Waals surface area contributed by atoms with E-state index >= 15 is 0 Å². The van der Waals surface area contributed by atoms with Crippen LogP contribution >= 0.6 is 24.0 Å². The van der Waals surface area contributed by atoms with Crippen molar-refractivity contribution in [3.05, 3.63) is 28.6 Å². The second-order valence-electron chi connectivity index (χ2n) is 5.87. The number of rotatable bonds is 6. The number of amides is 1. The number of hydrogen-bond donors (Lipinski definition) is 0. The van der Waals surface area contributed by atoms with Crippen molar-refractivity contribution in [2.75, 3.05) is 6.54 Å². The van der Waals surface area contributed by atoms with Crippen LogP contribution in [-0.2, 0) is 9.59 Å². The van der Waals surface area contributed by atoms with Crippen LogP contribution in [0.4, 0.5) is 0 Å². The Morgan fingerprint density at radius 3 is 2.96 bits per heavy atom. The van der Waals surface area contributed by atoms with Crippen LogP contribution in [-0.4, -0.2) is 27.6 Å². The number of carbonyl (C=O) groups excluding carboxylic acids is 2. The second-order valence-corrected chi connectivity index (χ2v) is 7.54. The van der Waals surface area contributed by atoms with Crippen LogP contribution in [0.2, 0.25) is 0 Å². The predicted octanol–water partition coefficient (Wildman–Crippen LogP) is 2.13. The number of nitrogens with zero attached hydrogens (tertiary/aromatic N) is 1. The minimum absolute atomic E-state index is 0.0861. The molecule has 2 atom stereocenters. The molecular weight excluding hydrogens is 334 g/mol. The van der Waals surface area contributed by atoms with Crippen LogP contribution in [0.1, 0.15) is 43.6 Å². The van der Waals surface area contributed by atoms with Gasteiger partial charge >= 0.3 is 0 Å². The highest BCUT2D eigenvalue weighted by molar-refractivity contribution is 8.26. The molecule has 0 unspecified atom stereocenters. The molecule has 0 spiro atoms. The van der Waals surface area contributed by atoms with E-state index in [4.69, 9.17) is 16.6 Å². The monoisotopic (exact) mass is 350 g/mol. The maximum absolute atomic E-state index is 12.3. The first-order valence-corrected chi connectivity index (χ1v) is 8.73. The van der Waals surface area contributed by atoms with E-state index in [0.717, 1.165) is 12.2 Å². The maximum Gasteiger partial charge on any atom is 0.266 e. The van der Waals surface area contributed by atoms with Crippen molar-refractivity contribution in [1.29, 1.82) is 0 Å². The van der Waals surface area contributed by atoms with Crippen molar-refractivity contribution < 1.29 is 19.1 Å². The van der Waals surface area contributed by atoms with Gasteiger partial charge in [-0.2, -0.15) is 0 Å². The molecule has 0 N–H and O–H groups in total. The summed E-state index contributed by atoms with van der Waals surface area (Å²) in [6, 6.07) is 3.82. The van der Waals surface area contributed by atoms with Gasteiger partial charge in [-0.25, -0.2) is 0 Å². The molecule has 2 heterocycles. The van der Waals surface area contributed by atoms with Gasteiger partial charge in [0.25, 0.3) is 5.91 Å². The number of carbonyl (C=O) groups is 2. The maximum atomic E-state index is 12.3. The van der Waals surface area contributed by atoms with Gasteiger partial charge < -0.3 is 14.3 Å². The highest BCUT2D eigenvalue weighted by Gasteiger charge is 2.37. The summed E-state index contributed by atoms with van der Waals surface area (Å²) in [6.07, 6.45) is 3.09. The fourth-order valence-electron chi connectivity index (χ4n) is 2.57. The summed E-state index contributed by atoms with van der Waals surface area (Å²) in [5, 5.41) is 10.5. The van der Waals surface area contributed by atoms with Crippen LogP contribution in [0.5, 0.6) is 0 Å². The Bertz CT molecular complexity index is 694. The van der Waals surface area contributed by atoms with Gasteiger partial charge in [-0.3, -0.25) is 9.69 Å². The van der Waals surface area contributed by atoms with Crippen molar-refractivity contribution in [1.82, 2.24) is 4.90 Å². The van der Waals surface area contributed by atoms with Gasteiger partial charge in [-0.05, 0) is 37.3 Å². The van der Waals surface area contributed by atoms with E-state index in [1.807, 2.05) is 12.1 Å². The molecule has 23 heavy (non-hydrogen) atoms. The molecule has 1 aromatic rings. The fourth-order valence-corrected chi connectivity index (χ4v) is 3.86.